The summed E-state index contributed by atoms with van der Waals surface area (Å²) in [6.45, 7) is 2.31. The summed E-state index contributed by atoms with van der Waals surface area (Å²) in [5.41, 5.74) is 0. The summed E-state index contributed by atoms with van der Waals surface area (Å²) in [6, 6.07) is 0. The summed E-state index contributed by atoms with van der Waals surface area (Å²) in [6.07, 6.45) is 2.39. The minimum atomic E-state index is -0.998. The Morgan fingerprint density at radius 2 is 2.14 bits per heavy atom. The highest BCUT2D eigenvalue weighted by atomic mass is 16.5. The third-order valence-corrected chi connectivity index (χ3v) is 1.55. The molecule has 1 amide bonds. The van der Waals surface area contributed by atoms with Gasteiger partial charge in [0.25, 0.3) is 0 Å². The molecular formula is C9H17NO4. The monoisotopic (exact) mass is 203 g/mol. The van der Waals surface area contributed by atoms with E-state index in [0.29, 0.717) is 13.0 Å². The fourth-order valence-corrected chi connectivity index (χ4v) is 0.848. The zero-order valence-electron chi connectivity index (χ0n) is 8.41. The maximum Gasteiger partial charge on any atom is 0.329 e. The third kappa shape index (κ3) is 8.99. The van der Waals surface area contributed by atoms with Crippen molar-refractivity contribution in [2.24, 2.45) is 0 Å². The van der Waals surface area contributed by atoms with Crippen LogP contribution in [0.4, 0.5) is 0 Å². The summed E-state index contributed by atoms with van der Waals surface area (Å²) in [5, 5.41) is 10.9. The molecule has 0 atom stereocenters. The minimum absolute atomic E-state index is 0.00854. The van der Waals surface area contributed by atoms with E-state index < -0.39 is 5.97 Å². The van der Waals surface area contributed by atoms with Crippen molar-refractivity contribution < 1.29 is 19.4 Å². The summed E-state index contributed by atoms with van der Waals surface area (Å²) in [5.74, 6) is -1.01. The van der Waals surface area contributed by atoms with Gasteiger partial charge in [0.05, 0.1) is 6.61 Å². The van der Waals surface area contributed by atoms with Crippen molar-refractivity contribution in [3.8, 4) is 0 Å². The molecule has 0 radical (unpaired) electrons. The number of hydrogen-bond acceptors (Lipinski definition) is 3. The Morgan fingerprint density at radius 1 is 1.43 bits per heavy atom. The van der Waals surface area contributed by atoms with Crippen LogP contribution in [0.2, 0.25) is 0 Å². The highest BCUT2D eigenvalue weighted by Crippen LogP contribution is 1.92. The van der Waals surface area contributed by atoms with Crippen LogP contribution >= 0.6 is 0 Å². The molecule has 0 aliphatic carbocycles. The molecule has 0 rings (SSSR count). The van der Waals surface area contributed by atoms with Gasteiger partial charge in [-0.3, -0.25) is 4.79 Å². The van der Waals surface area contributed by atoms with E-state index in [1.165, 1.54) is 0 Å². The Morgan fingerprint density at radius 3 is 2.71 bits per heavy atom. The van der Waals surface area contributed by atoms with E-state index >= 15 is 0 Å². The molecule has 0 heterocycles. The van der Waals surface area contributed by atoms with E-state index in [0.717, 1.165) is 12.8 Å². The Balaban J connectivity index is 3.19. The minimum Gasteiger partial charge on any atom is -0.480 e. The van der Waals surface area contributed by atoms with Gasteiger partial charge in [-0.05, 0) is 6.42 Å². The topological polar surface area (TPSA) is 75.6 Å². The Labute approximate surface area is 83.4 Å². The molecule has 0 aliphatic heterocycles. The molecule has 82 valence electrons. The zero-order chi connectivity index (χ0) is 10.8. The van der Waals surface area contributed by atoms with Gasteiger partial charge in [0.1, 0.15) is 6.61 Å². The first-order valence-electron chi connectivity index (χ1n) is 4.73. The molecule has 0 unspecified atom stereocenters. The molecule has 0 aliphatic rings. The van der Waals surface area contributed by atoms with Crippen molar-refractivity contribution in [1.29, 1.82) is 0 Å². The molecule has 0 aromatic rings. The first-order chi connectivity index (χ1) is 6.66. The fourth-order valence-electron chi connectivity index (χ4n) is 0.848. The van der Waals surface area contributed by atoms with Gasteiger partial charge in [0.15, 0.2) is 0 Å². The Kier molecular flexibility index (Phi) is 7.83. The van der Waals surface area contributed by atoms with Crippen LogP contribution < -0.4 is 5.32 Å². The van der Waals surface area contributed by atoms with E-state index in [-0.39, 0.29) is 19.1 Å². The molecule has 0 bridgehead atoms. The van der Waals surface area contributed by atoms with Crippen molar-refractivity contribution in [2.45, 2.75) is 26.2 Å². The molecule has 2 N–H and O–H groups in total. The molecule has 0 spiro atoms. The number of rotatable bonds is 8. The normalized spacial score (nSPS) is 9.79. The van der Waals surface area contributed by atoms with Gasteiger partial charge in [-0.1, -0.05) is 13.3 Å². The van der Waals surface area contributed by atoms with E-state index in [1.807, 2.05) is 6.92 Å². The number of amides is 1. The first kappa shape index (κ1) is 12.9. The Hall–Kier alpha value is -1.10. The molecule has 5 heteroatoms. The van der Waals surface area contributed by atoms with Crippen molar-refractivity contribution >= 4 is 11.9 Å². The van der Waals surface area contributed by atoms with Gasteiger partial charge < -0.3 is 15.2 Å². The lowest BCUT2D eigenvalue weighted by Crippen LogP contribution is -2.27. The van der Waals surface area contributed by atoms with Gasteiger partial charge in [-0.25, -0.2) is 4.79 Å². The highest BCUT2D eigenvalue weighted by molar-refractivity contribution is 5.75. The molecule has 0 fully saturated rings. The molecule has 0 aromatic heterocycles. The summed E-state index contributed by atoms with van der Waals surface area (Å²) < 4.78 is 4.74. The number of carbonyl (C=O) groups is 2. The van der Waals surface area contributed by atoms with Crippen LogP contribution in [0.15, 0.2) is 0 Å². The zero-order valence-corrected chi connectivity index (χ0v) is 8.41. The van der Waals surface area contributed by atoms with Crippen LogP contribution in [0.3, 0.4) is 0 Å². The number of carboxylic acid groups (broad SMARTS) is 1. The molecule has 14 heavy (non-hydrogen) atoms. The second-order valence-electron chi connectivity index (χ2n) is 2.90. The number of nitrogens with one attached hydrogen (secondary N) is 1. The number of aliphatic carboxylic acids is 1. The first-order valence-corrected chi connectivity index (χ1v) is 4.73. The number of ether oxygens (including phenoxy) is 1. The van der Waals surface area contributed by atoms with Crippen LogP contribution in [-0.4, -0.2) is 36.7 Å². The van der Waals surface area contributed by atoms with Crippen LogP contribution in [-0.2, 0) is 14.3 Å². The van der Waals surface area contributed by atoms with E-state index in [1.54, 1.807) is 0 Å². The summed E-state index contributed by atoms with van der Waals surface area (Å²) in [7, 11) is 0. The number of carboxylic acids is 1. The molecule has 0 saturated heterocycles. The number of hydrogen-bond donors (Lipinski definition) is 2. The average molecular weight is 203 g/mol. The number of carbonyl (C=O) groups excluding carboxylic acids is 1. The predicted octanol–water partition coefficient (Wildman–Crippen LogP) is 0.394. The van der Waals surface area contributed by atoms with Gasteiger partial charge in [-0.15, -0.1) is 0 Å². The lowest BCUT2D eigenvalue weighted by molar-refractivity contribution is -0.142. The predicted molar refractivity (Wildman–Crippen MR) is 51.0 cm³/mol. The van der Waals surface area contributed by atoms with E-state index in [2.05, 4.69) is 5.32 Å². The number of unbranched alkanes of at least 4 members (excludes halogenated alkanes) is 1. The van der Waals surface area contributed by atoms with Crippen LogP contribution in [0.1, 0.15) is 26.2 Å². The van der Waals surface area contributed by atoms with Crippen molar-refractivity contribution in [2.75, 3.05) is 19.8 Å². The smallest absolute Gasteiger partial charge is 0.329 e. The lowest BCUT2D eigenvalue weighted by Gasteiger charge is -2.04. The van der Waals surface area contributed by atoms with E-state index in [9.17, 15) is 9.59 Å². The summed E-state index contributed by atoms with van der Waals surface area (Å²) >= 11 is 0. The quantitative estimate of drug-likeness (QED) is 0.560. The molecule has 5 nitrogen and oxygen atoms in total. The maximum atomic E-state index is 11.0. The van der Waals surface area contributed by atoms with Gasteiger partial charge in [0, 0.05) is 13.0 Å². The molecular weight excluding hydrogens is 186 g/mol. The van der Waals surface area contributed by atoms with Gasteiger partial charge in [0.2, 0.25) is 5.91 Å². The standard InChI is InChI=1S/C9H17NO4/c1-2-3-4-8(11)10-5-6-14-7-9(12)13/h2-7H2,1H3,(H,10,11)(H,12,13). The fraction of sp³-hybridized carbons (Fsp3) is 0.778. The second kappa shape index (κ2) is 8.50. The lowest BCUT2D eigenvalue weighted by atomic mass is 10.2. The van der Waals surface area contributed by atoms with Crippen LogP contribution in [0.25, 0.3) is 0 Å². The second-order valence-corrected chi connectivity index (χ2v) is 2.90. The Bertz CT molecular complexity index is 182. The molecule has 0 aromatic carbocycles. The average Bonchev–Trinajstić information content (AvgIpc) is 2.13. The SMILES string of the molecule is CCCCC(=O)NCCOCC(=O)O. The van der Waals surface area contributed by atoms with Crippen molar-refractivity contribution in [3.05, 3.63) is 0 Å². The van der Waals surface area contributed by atoms with Gasteiger partial charge in [-0.2, -0.15) is 0 Å². The highest BCUT2D eigenvalue weighted by Gasteiger charge is 1.99. The van der Waals surface area contributed by atoms with Crippen molar-refractivity contribution in [3.63, 3.8) is 0 Å². The summed E-state index contributed by atoms with van der Waals surface area (Å²) in [4.78, 5) is 21.0. The third-order valence-electron chi connectivity index (χ3n) is 1.55. The van der Waals surface area contributed by atoms with Crippen LogP contribution in [0, 0.1) is 0 Å². The molecule has 0 saturated carbocycles. The van der Waals surface area contributed by atoms with E-state index in [4.69, 9.17) is 9.84 Å². The van der Waals surface area contributed by atoms with Crippen molar-refractivity contribution in [1.82, 2.24) is 5.32 Å². The van der Waals surface area contributed by atoms with Gasteiger partial charge >= 0.3 is 5.97 Å². The van der Waals surface area contributed by atoms with Crippen LogP contribution in [0.5, 0.6) is 0 Å². The maximum absolute atomic E-state index is 11.0. The largest absolute Gasteiger partial charge is 0.480 e.